The Morgan fingerprint density at radius 3 is 2.65 bits per heavy atom. The van der Waals surface area contributed by atoms with Gasteiger partial charge in [0.05, 0.1) is 0 Å². The Balaban J connectivity index is 2.28. The van der Waals surface area contributed by atoms with Crippen molar-refractivity contribution in [1.82, 2.24) is 14.8 Å². The first-order valence-corrected chi connectivity index (χ1v) is 5.11. The largest absolute Gasteiger partial charge is 0.357 e. The summed E-state index contributed by atoms with van der Waals surface area (Å²) in [7, 11) is 3.51. The van der Waals surface area contributed by atoms with E-state index in [1.807, 2.05) is 0 Å². The van der Waals surface area contributed by atoms with Gasteiger partial charge in [-0.25, -0.2) is 8.78 Å². The van der Waals surface area contributed by atoms with Crippen molar-refractivity contribution in [3.8, 4) is 0 Å². The van der Waals surface area contributed by atoms with Crippen molar-refractivity contribution < 1.29 is 8.78 Å². The van der Waals surface area contributed by atoms with Crippen LogP contribution in [0.1, 0.15) is 11.4 Å². The zero-order valence-corrected chi connectivity index (χ0v) is 9.54. The minimum atomic E-state index is -0.583. The third kappa shape index (κ3) is 2.25. The number of nitrogens with zero attached hydrogens (tertiary/aromatic N) is 3. The van der Waals surface area contributed by atoms with Crippen LogP contribution >= 0.6 is 0 Å². The molecule has 0 radical (unpaired) electrons. The predicted octanol–water partition coefficient (Wildman–Crippen LogP) is 1.73. The topological polar surface area (TPSA) is 42.7 Å². The average molecular weight is 238 g/mol. The fourth-order valence-corrected chi connectivity index (χ4v) is 1.57. The predicted molar refractivity (Wildman–Crippen MR) is 59.7 cm³/mol. The van der Waals surface area contributed by atoms with Gasteiger partial charge in [-0.3, -0.25) is 0 Å². The van der Waals surface area contributed by atoms with E-state index < -0.39 is 11.6 Å². The van der Waals surface area contributed by atoms with Crippen molar-refractivity contribution in [1.29, 1.82) is 0 Å². The second kappa shape index (κ2) is 4.48. The van der Waals surface area contributed by atoms with Gasteiger partial charge in [0.2, 0.25) is 5.95 Å². The van der Waals surface area contributed by atoms with Gasteiger partial charge in [-0.05, 0) is 11.6 Å². The van der Waals surface area contributed by atoms with Crippen LogP contribution in [0.15, 0.2) is 18.2 Å². The fraction of sp³-hybridized carbons (Fsp3) is 0.273. The van der Waals surface area contributed by atoms with Crippen LogP contribution in [0, 0.1) is 11.6 Å². The third-order valence-electron chi connectivity index (χ3n) is 2.55. The summed E-state index contributed by atoms with van der Waals surface area (Å²) in [5.41, 5.74) is 0.393. The van der Waals surface area contributed by atoms with Crippen LogP contribution in [0.25, 0.3) is 0 Å². The number of benzene rings is 1. The van der Waals surface area contributed by atoms with E-state index in [9.17, 15) is 8.78 Å². The molecule has 0 aliphatic carbocycles. The molecule has 1 heterocycles. The van der Waals surface area contributed by atoms with Crippen molar-refractivity contribution in [3.63, 3.8) is 0 Å². The van der Waals surface area contributed by atoms with Crippen LogP contribution < -0.4 is 5.32 Å². The molecule has 0 aliphatic heterocycles. The number of hydrogen-bond acceptors (Lipinski definition) is 3. The molecule has 4 nitrogen and oxygen atoms in total. The van der Waals surface area contributed by atoms with Gasteiger partial charge in [0.1, 0.15) is 17.5 Å². The minimum absolute atomic E-state index is 0.275. The molecule has 0 fully saturated rings. The van der Waals surface area contributed by atoms with Gasteiger partial charge >= 0.3 is 0 Å². The highest BCUT2D eigenvalue weighted by atomic mass is 19.1. The Kier molecular flexibility index (Phi) is 3.03. The molecule has 0 saturated heterocycles. The molecule has 6 heteroatoms. The third-order valence-corrected chi connectivity index (χ3v) is 2.55. The maximum atomic E-state index is 13.4. The zero-order chi connectivity index (χ0) is 12.4. The van der Waals surface area contributed by atoms with Crippen molar-refractivity contribution in [2.45, 2.75) is 6.42 Å². The molecule has 0 bridgehead atoms. The molecule has 17 heavy (non-hydrogen) atoms. The Morgan fingerprint density at radius 2 is 2.06 bits per heavy atom. The quantitative estimate of drug-likeness (QED) is 0.885. The molecule has 0 atom stereocenters. The molecule has 0 spiro atoms. The van der Waals surface area contributed by atoms with E-state index in [0.717, 1.165) is 6.07 Å². The van der Waals surface area contributed by atoms with Crippen molar-refractivity contribution in [2.24, 2.45) is 7.05 Å². The molecule has 1 aromatic heterocycles. The summed E-state index contributed by atoms with van der Waals surface area (Å²) in [6.45, 7) is 0. The molecule has 0 aliphatic rings. The summed E-state index contributed by atoms with van der Waals surface area (Å²) in [5.74, 6) is 0.0570. The smallest absolute Gasteiger partial charge is 0.224 e. The molecular weight excluding hydrogens is 226 g/mol. The number of hydrogen-bond donors (Lipinski definition) is 1. The van der Waals surface area contributed by atoms with E-state index in [-0.39, 0.29) is 6.42 Å². The number of halogens is 2. The lowest BCUT2D eigenvalue weighted by molar-refractivity contribution is 0.572. The number of aromatic nitrogens is 3. The van der Waals surface area contributed by atoms with Gasteiger partial charge in [0.15, 0.2) is 0 Å². The van der Waals surface area contributed by atoms with Crippen LogP contribution in [0.2, 0.25) is 0 Å². The summed E-state index contributed by atoms with van der Waals surface area (Å²) < 4.78 is 27.9. The Bertz CT molecular complexity index is 536. The summed E-state index contributed by atoms with van der Waals surface area (Å²) in [6.07, 6.45) is 0.275. The Hall–Kier alpha value is -1.98. The van der Waals surface area contributed by atoms with Crippen LogP contribution in [-0.4, -0.2) is 21.8 Å². The van der Waals surface area contributed by atoms with Gasteiger partial charge in [0.25, 0.3) is 0 Å². The molecule has 2 rings (SSSR count). The first-order valence-electron chi connectivity index (χ1n) is 5.11. The number of nitrogens with one attached hydrogen (secondary N) is 1. The zero-order valence-electron chi connectivity index (χ0n) is 9.54. The van der Waals surface area contributed by atoms with Crippen molar-refractivity contribution >= 4 is 5.95 Å². The van der Waals surface area contributed by atoms with Crippen LogP contribution in [0.5, 0.6) is 0 Å². The lowest BCUT2D eigenvalue weighted by Crippen LogP contribution is -2.04. The highest BCUT2D eigenvalue weighted by Crippen LogP contribution is 2.14. The Morgan fingerprint density at radius 1 is 1.29 bits per heavy atom. The van der Waals surface area contributed by atoms with E-state index in [0.29, 0.717) is 17.3 Å². The maximum Gasteiger partial charge on any atom is 0.224 e. The lowest BCUT2D eigenvalue weighted by atomic mass is 10.1. The minimum Gasteiger partial charge on any atom is -0.357 e. The molecule has 1 aromatic carbocycles. The monoisotopic (exact) mass is 238 g/mol. The van der Waals surface area contributed by atoms with Crippen LogP contribution in [0.3, 0.4) is 0 Å². The first kappa shape index (κ1) is 11.5. The summed E-state index contributed by atoms with van der Waals surface area (Å²) in [5, 5.41) is 10.7. The number of rotatable bonds is 3. The van der Waals surface area contributed by atoms with Crippen molar-refractivity contribution in [3.05, 3.63) is 41.2 Å². The molecule has 0 saturated carbocycles. The maximum absolute atomic E-state index is 13.4. The van der Waals surface area contributed by atoms with E-state index in [1.54, 1.807) is 18.7 Å². The normalized spacial score (nSPS) is 10.6. The molecule has 2 aromatic rings. The van der Waals surface area contributed by atoms with Crippen LogP contribution in [-0.2, 0) is 13.5 Å². The van der Waals surface area contributed by atoms with Gasteiger partial charge in [0, 0.05) is 26.6 Å². The van der Waals surface area contributed by atoms with E-state index >= 15 is 0 Å². The van der Waals surface area contributed by atoms with E-state index in [4.69, 9.17) is 0 Å². The SMILES string of the molecule is CNc1nnc(Cc2ccc(F)cc2F)n1C. The summed E-state index contributed by atoms with van der Waals surface area (Å²) in [6, 6.07) is 3.51. The van der Waals surface area contributed by atoms with E-state index in [1.165, 1.54) is 12.1 Å². The van der Waals surface area contributed by atoms with Gasteiger partial charge in [-0.15, -0.1) is 10.2 Å². The molecule has 90 valence electrons. The summed E-state index contributed by atoms with van der Waals surface area (Å²) in [4.78, 5) is 0. The standard InChI is InChI=1S/C11H12F2N4/c1-14-11-16-15-10(17(11)2)5-7-3-4-8(12)6-9(7)13/h3-4,6H,5H2,1-2H3,(H,14,16). The van der Waals surface area contributed by atoms with E-state index in [2.05, 4.69) is 15.5 Å². The van der Waals surface area contributed by atoms with Gasteiger partial charge in [-0.2, -0.15) is 0 Å². The molecule has 0 amide bonds. The average Bonchev–Trinajstić information content (AvgIpc) is 2.64. The molecular formula is C11H12F2N4. The highest BCUT2D eigenvalue weighted by Gasteiger charge is 2.11. The van der Waals surface area contributed by atoms with Crippen LogP contribution in [0.4, 0.5) is 14.7 Å². The molecule has 1 N–H and O–H groups in total. The highest BCUT2D eigenvalue weighted by molar-refractivity contribution is 5.27. The fourth-order valence-electron chi connectivity index (χ4n) is 1.57. The molecule has 0 unspecified atom stereocenters. The second-order valence-corrected chi connectivity index (χ2v) is 3.66. The van der Waals surface area contributed by atoms with Gasteiger partial charge < -0.3 is 9.88 Å². The first-order chi connectivity index (χ1) is 8.11. The lowest BCUT2D eigenvalue weighted by Gasteiger charge is -2.04. The Labute approximate surface area is 97.3 Å². The second-order valence-electron chi connectivity index (χ2n) is 3.66. The van der Waals surface area contributed by atoms with Crippen molar-refractivity contribution in [2.75, 3.05) is 12.4 Å². The van der Waals surface area contributed by atoms with Gasteiger partial charge in [-0.1, -0.05) is 6.07 Å². The summed E-state index contributed by atoms with van der Waals surface area (Å²) >= 11 is 0. The number of anilines is 1.